The molecule has 1 heterocycles. The summed E-state index contributed by atoms with van der Waals surface area (Å²) in [6, 6.07) is 1.14. The minimum atomic E-state index is -0.0456. The highest BCUT2D eigenvalue weighted by Crippen LogP contribution is 2.32. The zero-order valence-electron chi connectivity index (χ0n) is 11.9. The molecule has 104 valence electrons. The van der Waals surface area contributed by atoms with Gasteiger partial charge in [-0.25, -0.2) is 0 Å². The zero-order valence-corrected chi connectivity index (χ0v) is 11.9. The molecule has 2 rings (SSSR count). The summed E-state index contributed by atoms with van der Waals surface area (Å²) in [7, 11) is 1.50. The number of likely N-dealkylation sites (tertiary alicyclic amines) is 1. The number of rotatable bonds is 3. The second-order valence-electron chi connectivity index (χ2n) is 6.09. The number of nitrogens with zero attached hydrogens (tertiary/aromatic N) is 1. The number of piperidine rings is 1. The Kier molecular flexibility index (Phi) is 5.04. The molecule has 1 aliphatic heterocycles. The van der Waals surface area contributed by atoms with E-state index in [9.17, 15) is 4.79 Å². The summed E-state index contributed by atoms with van der Waals surface area (Å²) in [6.45, 7) is 3.55. The average molecular weight is 253 g/mol. The molecule has 2 fully saturated rings. The first kappa shape index (κ1) is 13.9. The van der Waals surface area contributed by atoms with Crippen molar-refractivity contribution in [3.05, 3.63) is 0 Å². The van der Waals surface area contributed by atoms with Gasteiger partial charge in [0.1, 0.15) is 0 Å². The molecule has 1 saturated heterocycles. The Labute approximate surface area is 111 Å². The van der Waals surface area contributed by atoms with Gasteiger partial charge >= 0.3 is 5.97 Å². The lowest BCUT2D eigenvalue weighted by Gasteiger charge is -2.43. The van der Waals surface area contributed by atoms with Crippen molar-refractivity contribution in [1.29, 1.82) is 0 Å². The largest absolute Gasteiger partial charge is 0.469 e. The maximum atomic E-state index is 11.5. The van der Waals surface area contributed by atoms with Crippen molar-refractivity contribution in [2.24, 2.45) is 5.92 Å². The van der Waals surface area contributed by atoms with Crippen LogP contribution in [0, 0.1) is 5.92 Å². The number of carbonyl (C=O) groups excluding carboxylic acids is 1. The summed E-state index contributed by atoms with van der Waals surface area (Å²) >= 11 is 0. The summed E-state index contributed by atoms with van der Waals surface area (Å²) in [4.78, 5) is 14.1. The van der Waals surface area contributed by atoms with Crippen LogP contribution in [0.4, 0.5) is 0 Å². The Balaban J connectivity index is 1.95. The van der Waals surface area contributed by atoms with Crippen molar-refractivity contribution in [2.75, 3.05) is 13.7 Å². The number of ether oxygens (including phenoxy) is 1. The number of carbonyl (C=O) groups is 1. The third-order valence-electron chi connectivity index (χ3n) is 4.68. The van der Waals surface area contributed by atoms with Crippen LogP contribution in [-0.4, -0.2) is 36.6 Å². The SMILES string of the molecule is COC(=O)CC1CCCCN1C1CCCC(C)C1. The minimum absolute atomic E-state index is 0.0456. The Morgan fingerprint density at radius 3 is 2.78 bits per heavy atom. The predicted octanol–water partition coefficient (Wildman–Crippen LogP) is 2.98. The smallest absolute Gasteiger partial charge is 0.307 e. The Morgan fingerprint density at radius 1 is 1.22 bits per heavy atom. The highest BCUT2D eigenvalue weighted by atomic mass is 16.5. The van der Waals surface area contributed by atoms with Crippen molar-refractivity contribution in [3.8, 4) is 0 Å². The van der Waals surface area contributed by atoms with E-state index in [4.69, 9.17) is 4.74 Å². The Bertz CT molecular complexity index is 280. The fraction of sp³-hybridized carbons (Fsp3) is 0.933. The lowest BCUT2D eigenvalue weighted by atomic mass is 9.84. The van der Waals surface area contributed by atoms with Crippen LogP contribution in [0.5, 0.6) is 0 Å². The average Bonchev–Trinajstić information content (AvgIpc) is 2.39. The van der Waals surface area contributed by atoms with Gasteiger partial charge < -0.3 is 4.74 Å². The van der Waals surface area contributed by atoms with E-state index in [0.717, 1.165) is 5.92 Å². The molecular weight excluding hydrogens is 226 g/mol. The molecular formula is C15H27NO2. The molecule has 1 aliphatic carbocycles. The highest BCUT2D eigenvalue weighted by molar-refractivity contribution is 5.69. The van der Waals surface area contributed by atoms with Gasteiger partial charge in [0.15, 0.2) is 0 Å². The van der Waals surface area contributed by atoms with Gasteiger partial charge in [-0.2, -0.15) is 0 Å². The van der Waals surface area contributed by atoms with Gasteiger partial charge in [0.2, 0.25) is 0 Å². The highest BCUT2D eigenvalue weighted by Gasteiger charge is 2.32. The van der Waals surface area contributed by atoms with Gasteiger partial charge in [-0.15, -0.1) is 0 Å². The first-order chi connectivity index (χ1) is 8.70. The van der Waals surface area contributed by atoms with E-state index in [-0.39, 0.29) is 5.97 Å². The van der Waals surface area contributed by atoms with Crippen LogP contribution < -0.4 is 0 Å². The van der Waals surface area contributed by atoms with Gasteiger partial charge in [0, 0.05) is 12.1 Å². The van der Waals surface area contributed by atoms with Crippen LogP contribution in [0.15, 0.2) is 0 Å². The third kappa shape index (κ3) is 3.47. The van der Waals surface area contributed by atoms with Crippen LogP contribution in [0.25, 0.3) is 0 Å². The Morgan fingerprint density at radius 2 is 2.06 bits per heavy atom. The molecule has 1 saturated carbocycles. The summed E-state index contributed by atoms with van der Waals surface area (Å²) in [5.74, 6) is 0.806. The molecule has 0 amide bonds. The third-order valence-corrected chi connectivity index (χ3v) is 4.68. The maximum absolute atomic E-state index is 11.5. The predicted molar refractivity (Wildman–Crippen MR) is 72.4 cm³/mol. The fourth-order valence-electron chi connectivity index (χ4n) is 3.70. The van der Waals surface area contributed by atoms with E-state index in [0.29, 0.717) is 18.5 Å². The van der Waals surface area contributed by atoms with E-state index in [1.165, 1.54) is 58.6 Å². The summed E-state index contributed by atoms with van der Waals surface area (Å²) < 4.78 is 4.84. The van der Waals surface area contributed by atoms with E-state index < -0.39 is 0 Å². The normalized spacial score (nSPS) is 34.2. The van der Waals surface area contributed by atoms with Gasteiger partial charge in [-0.05, 0) is 38.1 Å². The quantitative estimate of drug-likeness (QED) is 0.724. The lowest BCUT2D eigenvalue weighted by molar-refractivity contribution is -0.142. The van der Waals surface area contributed by atoms with Gasteiger partial charge in [0.25, 0.3) is 0 Å². The molecule has 0 spiro atoms. The molecule has 3 heteroatoms. The van der Waals surface area contributed by atoms with Crippen LogP contribution in [-0.2, 0) is 9.53 Å². The van der Waals surface area contributed by atoms with Gasteiger partial charge in [-0.3, -0.25) is 9.69 Å². The van der Waals surface area contributed by atoms with Crippen molar-refractivity contribution < 1.29 is 9.53 Å². The van der Waals surface area contributed by atoms with Crippen molar-refractivity contribution in [1.82, 2.24) is 4.90 Å². The van der Waals surface area contributed by atoms with Crippen LogP contribution in [0.1, 0.15) is 58.3 Å². The van der Waals surface area contributed by atoms with Crippen LogP contribution in [0.2, 0.25) is 0 Å². The van der Waals surface area contributed by atoms with Crippen molar-refractivity contribution >= 4 is 5.97 Å². The molecule has 0 aromatic heterocycles. The molecule has 3 nitrogen and oxygen atoms in total. The standard InChI is InChI=1S/C15H27NO2/c1-12-6-5-8-13(10-12)16-9-4-3-7-14(16)11-15(17)18-2/h12-14H,3-11H2,1-2H3. The summed E-state index contributed by atoms with van der Waals surface area (Å²) in [5.41, 5.74) is 0. The minimum Gasteiger partial charge on any atom is -0.469 e. The van der Waals surface area contributed by atoms with Crippen molar-refractivity contribution in [3.63, 3.8) is 0 Å². The maximum Gasteiger partial charge on any atom is 0.307 e. The second-order valence-corrected chi connectivity index (χ2v) is 6.09. The van der Waals surface area contributed by atoms with E-state index in [1.54, 1.807) is 0 Å². The molecule has 0 bridgehead atoms. The van der Waals surface area contributed by atoms with Gasteiger partial charge in [0.05, 0.1) is 13.5 Å². The molecule has 2 aliphatic rings. The van der Waals surface area contributed by atoms with Crippen molar-refractivity contribution in [2.45, 2.75) is 70.4 Å². The zero-order chi connectivity index (χ0) is 13.0. The van der Waals surface area contributed by atoms with Crippen LogP contribution >= 0.6 is 0 Å². The lowest BCUT2D eigenvalue weighted by Crippen LogP contribution is -2.48. The molecule has 3 unspecified atom stereocenters. The molecule has 0 aromatic carbocycles. The Hall–Kier alpha value is -0.570. The molecule has 18 heavy (non-hydrogen) atoms. The topological polar surface area (TPSA) is 29.5 Å². The number of esters is 1. The second kappa shape index (κ2) is 6.55. The fourth-order valence-corrected chi connectivity index (χ4v) is 3.70. The summed E-state index contributed by atoms with van der Waals surface area (Å²) in [6.07, 6.45) is 9.68. The summed E-state index contributed by atoms with van der Waals surface area (Å²) in [5, 5.41) is 0. The number of hydrogen-bond donors (Lipinski definition) is 0. The van der Waals surface area contributed by atoms with E-state index in [2.05, 4.69) is 11.8 Å². The molecule has 3 atom stereocenters. The first-order valence-electron chi connectivity index (χ1n) is 7.53. The van der Waals surface area contributed by atoms with Gasteiger partial charge in [-0.1, -0.05) is 26.2 Å². The first-order valence-corrected chi connectivity index (χ1v) is 7.53. The molecule has 0 aromatic rings. The number of methoxy groups -OCH3 is 1. The number of hydrogen-bond acceptors (Lipinski definition) is 3. The van der Waals surface area contributed by atoms with Crippen LogP contribution in [0.3, 0.4) is 0 Å². The van der Waals surface area contributed by atoms with E-state index in [1.807, 2.05) is 0 Å². The monoisotopic (exact) mass is 253 g/mol. The molecule has 0 radical (unpaired) electrons. The van der Waals surface area contributed by atoms with E-state index >= 15 is 0 Å². The molecule has 0 N–H and O–H groups in total.